The molecule has 66 valence electrons. The first-order chi connectivity index (χ1) is 5.62. The molecule has 1 aromatic heterocycles. The molecule has 0 radical (unpaired) electrons. The van der Waals surface area contributed by atoms with Crippen LogP contribution in [0.15, 0.2) is 6.20 Å². The van der Waals surface area contributed by atoms with Crippen LogP contribution < -0.4 is 5.32 Å². The topological polar surface area (TPSA) is 50.1 Å². The first-order valence-electron chi connectivity index (χ1n) is 4.06. The second-order valence-corrected chi connectivity index (χ2v) is 3.47. The first-order valence-corrected chi connectivity index (χ1v) is 4.06. The van der Waals surface area contributed by atoms with Gasteiger partial charge >= 0.3 is 0 Å². The minimum Gasteiger partial charge on any atom is -0.381 e. The van der Waals surface area contributed by atoms with Crippen molar-refractivity contribution in [1.29, 1.82) is 0 Å². The van der Waals surface area contributed by atoms with Gasteiger partial charge in [-0.25, -0.2) is 0 Å². The van der Waals surface area contributed by atoms with E-state index in [0.29, 0.717) is 13.1 Å². The Hall–Kier alpha value is -0.870. The Morgan fingerprint density at radius 1 is 1.67 bits per heavy atom. The van der Waals surface area contributed by atoms with Gasteiger partial charge in [0.05, 0.1) is 5.69 Å². The fourth-order valence-electron chi connectivity index (χ4n) is 1.60. The minimum atomic E-state index is -0.717. The van der Waals surface area contributed by atoms with Gasteiger partial charge < -0.3 is 10.4 Å². The molecular formula is C8H13N3O. The number of aryl methyl sites for hydroxylation is 2. The van der Waals surface area contributed by atoms with Crippen molar-refractivity contribution in [2.24, 2.45) is 7.05 Å². The fourth-order valence-corrected chi connectivity index (χ4v) is 1.60. The zero-order valence-electron chi connectivity index (χ0n) is 7.33. The lowest BCUT2D eigenvalue weighted by molar-refractivity contribution is -0.0195. The van der Waals surface area contributed by atoms with E-state index in [1.807, 2.05) is 20.2 Å². The molecule has 0 spiro atoms. The van der Waals surface area contributed by atoms with Gasteiger partial charge in [0, 0.05) is 26.3 Å². The zero-order chi connectivity index (χ0) is 8.77. The highest BCUT2D eigenvalue weighted by atomic mass is 16.3. The predicted octanol–water partition coefficient (Wildman–Crippen LogP) is -0.481. The van der Waals surface area contributed by atoms with Crippen molar-refractivity contribution < 1.29 is 5.11 Å². The molecule has 1 saturated heterocycles. The van der Waals surface area contributed by atoms with Crippen molar-refractivity contribution in [3.8, 4) is 0 Å². The number of aliphatic hydroxyl groups is 1. The first kappa shape index (κ1) is 7.76. The van der Waals surface area contributed by atoms with Gasteiger partial charge in [0.15, 0.2) is 0 Å². The Balaban J connectivity index is 2.38. The highest BCUT2D eigenvalue weighted by Gasteiger charge is 2.39. The van der Waals surface area contributed by atoms with Gasteiger partial charge in [-0.3, -0.25) is 4.68 Å². The lowest BCUT2D eigenvalue weighted by Gasteiger charge is -2.36. The number of rotatable bonds is 1. The van der Waals surface area contributed by atoms with Crippen molar-refractivity contribution in [2.75, 3.05) is 13.1 Å². The average molecular weight is 167 g/mol. The van der Waals surface area contributed by atoms with E-state index in [-0.39, 0.29) is 0 Å². The lowest BCUT2D eigenvalue weighted by Crippen LogP contribution is -2.57. The Morgan fingerprint density at radius 2 is 2.33 bits per heavy atom. The van der Waals surface area contributed by atoms with E-state index < -0.39 is 5.60 Å². The molecule has 0 bridgehead atoms. The molecule has 1 aromatic rings. The van der Waals surface area contributed by atoms with Gasteiger partial charge in [-0.2, -0.15) is 5.10 Å². The predicted molar refractivity (Wildman–Crippen MR) is 44.7 cm³/mol. The van der Waals surface area contributed by atoms with Crippen LogP contribution in [0.3, 0.4) is 0 Å². The molecule has 2 rings (SSSR count). The monoisotopic (exact) mass is 167 g/mol. The van der Waals surface area contributed by atoms with Crippen LogP contribution in [0.2, 0.25) is 0 Å². The third-order valence-corrected chi connectivity index (χ3v) is 2.29. The molecule has 0 aliphatic carbocycles. The van der Waals surface area contributed by atoms with Crippen LogP contribution >= 0.6 is 0 Å². The highest BCUT2D eigenvalue weighted by molar-refractivity contribution is 5.25. The van der Waals surface area contributed by atoms with Crippen LogP contribution in [0.1, 0.15) is 11.3 Å². The molecule has 12 heavy (non-hydrogen) atoms. The zero-order valence-corrected chi connectivity index (χ0v) is 7.33. The summed E-state index contributed by atoms with van der Waals surface area (Å²) in [6, 6.07) is 0. The van der Waals surface area contributed by atoms with E-state index in [9.17, 15) is 5.11 Å². The highest BCUT2D eigenvalue weighted by Crippen LogP contribution is 2.25. The third kappa shape index (κ3) is 0.956. The molecule has 0 amide bonds. The van der Waals surface area contributed by atoms with Crippen molar-refractivity contribution in [1.82, 2.24) is 15.1 Å². The van der Waals surface area contributed by atoms with Gasteiger partial charge in [-0.05, 0) is 12.5 Å². The van der Waals surface area contributed by atoms with E-state index in [4.69, 9.17) is 0 Å². The minimum absolute atomic E-state index is 0.616. The van der Waals surface area contributed by atoms with Gasteiger partial charge in [0.2, 0.25) is 0 Å². The van der Waals surface area contributed by atoms with E-state index in [0.717, 1.165) is 11.3 Å². The SMILES string of the molecule is Cc1cn(C)nc1C1(O)CNC1. The summed E-state index contributed by atoms with van der Waals surface area (Å²) in [6.45, 7) is 3.20. The molecular weight excluding hydrogens is 154 g/mol. The summed E-state index contributed by atoms with van der Waals surface area (Å²) >= 11 is 0. The number of aromatic nitrogens is 2. The Labute approximate surface area is 71.2 Å². The maximum absolute atomic E-state index is 9.94. The van der Waals surface area contributed by atoms with Gasteiger partial charge in [0.1, 0.15) is 5.60 Å². The molecule has 1 aliphatic rings. The van der Waals surface area contributed by atoms with Gasteiger partial charge in [0.25, 0.3) is 0 Å². The summed E-state index contributed by atoms with van der Waals surface area (Å²) in [4.78, 5) is 0. The molecule has 2 heterocycles. The summed E-state index contributed by atoms with van der Waals surface area (Å²) < 4.78 is 1.74. The van der Waals surface area contributed by atoms with Crippen molar-refractivity contribution in [3.05, 3.63) is 17.5 Å². The largest absolute Gasteiger partial charge is 0.381 e. The maximum Gasteiger partial charge on any atom is 0.133 e. The number of β-amino-alcohol motifs (C(OH)–C–C–N with tert-alkyl or cyclic N) is 1. The van der Waals surface area contributed by atoms with Crippen LogP contribution in [0.4, 0.5) is 0 Å². The van der Waals surface area contributed by atoms with E-state index >= 15 is 0 Å². The molecule has 0 unspecified atom stereocenters. The summed E-state index contributed by atoms with van der Waals surface area (Å²) in [6.07, 6.45) is 1.92. The number of hydrogen-bond acceptors (Lipinski definition) is 3. The molecule has 4 heteroatoms. The average Bonchev–Trinajstić information content (AvgIpc) is 2.25. The van der Waals surface area contributed by atoms with Crippen LogP contribution in [0.5, 0.6) is 0 Å². The van der Waals surface area contributed by atoms with Crippen LogP contribution in [0.25, 0.3) is 0 Å². The third-order valence-electron chi connectivity index (χ3n) is 2.29. The van der Waals surface area contributed by atoms with Crippen LogP contribution in [-0.4, -0.2) is 28.0 Å². The normalized spacial score (nSPS) is 20.6. The summed E-state index contributed by atoms with van der Waals surface area (Å²) in [5.41, 5.74) is 1.15. The smallest absolute Gasteiger partial charge is 0.133 e. The Bertz CT molecular complexity index is 301. The van der Waals surface area contributed by atoms with Gasteiger partial charge in [-0.15, -0.1) is 0 Å². The summed E-state index contributed by atoms with van der Waals surface area (Å²) in [7, 11) is 1.87. The van der Waals surface area contributed by atoms with Crippen molar-refractivity contribution in [2.45, 2.75) is 12.5 Å². The van der Waals surface area contributed by atoms with E-state index in [1.54, 1.807) is 4.68 Å². The molecule has 0 atom stereocenters. The Kier molecular flexibility index (Phi) is 1.49. The second-order valence-electron chi connectivity index (χ2n) is 3.47. The molecule has 2 N–H and O–H groups in total. The second kappa shape index (κ2) is 2.31. The molecule has 1 fully saturated rings. The number of nitrogens with zero attached hydrogens (tertiary/aromatic N) is 2. The quantitative estimate of drug-likeness (QED) is 0.594. The molecule has 0 aromatic carbocycles. The molecule has 0 saturated carbocycles. The van der Waals surface area contributed by atoms with Gasteiger partial charge in [-0.1, -0.05) is 0 Å². The lowest BCUT2D eigenvalue weighted by atomic mass is 9.91. The molecule has 4 nitrogen and oxygen atoms in total. The van der Waals surface area contributed by atoms with Crippen LogP contribution in [-0.2, 0) is 12.6 Å². The summed E-state index contributed by atoms with van der Waals surface area (Å²) in [5.74, 6) is 0. The number of hydrogen-bond donors (Lipinski definition) is 2. The van der Waals surface area contributed by atoms with Crippen molar-refractivity contribution >= 4 is 0 Å². The van der Waals surface area contributed by atoms with Crippen molar-refractivity contribution in [3.63, 3.8) is 0 Å². The fraction of sp³-hybridized carbons (Fsp3) is 0.625. The number of nitrogens with one attached hydrogen (secondary N) is 1. The van der Waals surface area contributed by atoms with E-state index in [1.165, 1.54) is 0 Å². The maximum atomic E-state index is 9.94. The Morgan fingerprint density at radius 3 is 2.67 bits per heavy atom. The summed E-state index contributed by atoms with van der Waals surface area (Å²) in [5, 5.41) is 17.2. The molecule has 1 aliphatic heterocycles. The standard InChI is InChI=1S/C8H13N3O/c1-6-3-11(2)10-7(6)8(12)4-9-5-8/h3,9,12H,4-5H2,1-2H3. The van der Waals surface area contributed by atoms with E-state index in [2.05, 4.69) is 10.4 Å². The van der Waals surface area contributed by atoms with Crippen LogP contribution in [0, 0.1) is 6.92 Å².